The highest BCUT2D eigenvalue weighted by atomic mass is 16.1. The Labute approximate surface area is 96.2 Å². The van der Waals surface area contributed by atoms with Gasteiger partial charge >= 0.3 is 0 Å². The van der Waals surface area contributed by atoms with Gasteiger partial charge in [0.1, 0.15) is 0 Å². The summed E-state index contributed by atoms with van der Waals surface area (Å²) in [5.41, 5.74) is 7.55. The third-order valence-electron chi connectivity index (χ3n) is 3.48. The molecular weight excluding hydrogens is 200 g/mol. The first-order valence-electron chi connectivity index (χ1n) is 5.59. The van der Waals surface area contributed by atoms with Gasteiger partial charge in [-0.05, 0) is 44.6 Å². The van der Waals surface area contributed by atoms with Crippen LogP contribution < -0.4 is 5.73 Å². The van der Waals surface area contributed by atoms with E-state index in [-0.39, 0.29) is 5.91 Å². The molecule has 0 spiro atoms. The van der Waals surface area contributed by atoms with Crippen LogP contribution in [0.25, 0.3) is 0 Å². The molecule has 2 rings (SSSR count). The fourth-order valence-corrected chi connectivity index (χ4v) is 2.44. The van der Waals surface area contributed by atoms with Crippen molar-refractivity contribution in [1.29, 1.82) is 0 Å². The van der Waals surface area contributed by atoms with E-state index in [0.717, 1.165) is 24.9 Å². The number of primary amides is 1. The van der Waals surface area contributed by atoms with Gasteiger partial charge in [0.2, 0.25) is 5.91 Å². The second kappa shape index (κ2) is 3.91. The molecule has 0 heterocycles. The van der Waals surface area contributed by atoms with Crippen LogP contribution in [0.1, 0.15) is 17.5 Å². The lowest BCUT2D eigenvalue weighted by atomic mass is 9.61. The van der Waals surface area contributed by atoms with Crippen LogP contribution in [0.4, 0.5) is 0 Å². The Morgan fingerprint density at radius 1 is 1.44 bits per heavy atom. The van der Waals surface area contributed by atoms with Gasteiger partial charge in [-0.1, -0.05) is 24.3 Å². The van der Waals surface area contributed by atoms with Crippen molar-refractivity contribution in [2.45, 2.75) is 18.3 Å². The molecule has 1 aromatic rings. The highest BCUT2D eigenvalue weighted by Gasteiger charge is 2.46. The molecule has 2 N–H and O–H groups in total. The van der Waals surface area contributed by atoms with E-state index in [1.807, 2.05) is 32.3 Å². The lowest BCUT2D eigenvalue weighted by Crippen LogP contribution is -2.51. The van der Waals surface area contributed by atoms with Gasteiger partial charge in [-0.3, -0.25) is 4.79 Å². The maximum Gasteiger partial charge on any atom is 0.228 e. The lowest BCUT2D eigenvalue weighted by Gasteiger charge is -2.42. The second-order valence-corrected chi connectivity index (χ2v) is 4.83. The SMILES string of the molecule is CN(C)CC[C@@]1(C(N)=O)Cc2ccccc21. The number of nitrogens with two attached hydrogens (primary N) is 1. The fourth-order valence-electron chi connectivity index (χ4n) is 2.44. The molecule has 0 unspecified atom stereocenters. The lowest BCUT2D eigenvalue weighted by molar-refractivity contribution is -0.124. The molecule has 86 valence electrons. The molecule has 0 radical (unpaired) electrons. The molecule has 1 aliphatic carbocycles. The number of hydrogen-bond donors (Lipinski definition) is 1. The second-order valence-electron chi connectivity index (χ2n) is 4.83. The first kappa shape index (κ1) is 11.1. The van der Waals surface area contributed by atoms with Gasteiger partial charge in [0.15, 0.2) is 0 Å². The molecule has 1 atom stereocenters. The Hall–Kier alpha value is -1.35. The van der Waals surface area contributed by atoms with E-state index in [2.05, 4.69) is 11.0 Å². The molecule has 0 aromatic heterocycles. The van der Waals surface area contributed by atoms with E-state index in [1.54, 1.807) is 0 Å². The number of carbonyl (C=O) groups is 1. The van der Waals surface area contributed by atoms with Gasteiger partial charge in [0.25, 0.3) is 0 Å². The van der Waals surface area contributed by atoms with Crippen molar-refractivity contribution in [2.75, 3.05) is 20.6 Å². The van der Waals surface area contributed by atoms with Crippen molar-refractivity contribution in [3.63, 3.8) is 0 Å². The minimum atomic E-state index is -0.416. The zero-order valence-corrected chi connectivity index (χ0v) is 9.86. The van der Waals surface area contributed by atoms with Gasteiger partial charge in [0.05, 0.1) is 5.41 Å². The van der Waals surface area contributed by atoms with E-state index in [4.69, 9.17) is 5.73 Å². The zero-order chi connectivity index (χ0) is 11.8. The molecule has 3 heteroatoms. The summed E-state index contributed by atoms with van der Waals surface area (Å²) in [5.74, 6) is -0.187. The highest BCUT2D eigenvalue weighted by Crippen LogP contribution is 2.43. The highest BCUT2D eigenvalue weighted by molar-refractivity contribution is 5.90. The summed E-state index contributed by atoms with van der Waals surface area (Å²) >= 11 is 0. The van der Waals surface area contributed by atoms with Crippen LogP contribution in [0.5, 0.6) is 0 Å². The number of hydrogen-bond acceptors (Lipinski definition) is 2. The number of carbonyl (C=O) groups excluding carboxylic acids is 1. The molecule has 0 aliphatic heterocycles. The van der Waals surface area contributed by atoms with Gasteiger partial charge in [-0.25, -0.2) is 0 Å². The Bertz CT molecular complexity index is 414. The van der Waals surface area contributed by atoms with Crippen LogP contribution >= 0.6 is 0 Å². The third kappa shape index (κ3) is 1.61. The summed E-state index contributed by atoms with van der Waals surface area (Å²) in [5, 5.41) is 0. The molecule has 0 saturated heterocycles. The maximum atomic E-state index is 11.7. The van der Waals surface area contributed by atoms with E-state index in [9.17, 15) is 4.79 Å². The topological polar surface area (TPSA) is 46.3 Å². The first-order chi connectivity index (χ1) is 7.56. The van der Waals surface area contributed by atoms with Crippen LogP contribution in [-0.2, 0) is 16.6 Å². The predicted octanol–water partition coefficient (Wildman–Crippen LogP) is 0.917. The molecule has 16 heavy (non-hydrogen) atoms. The van der Waals surface area contributed by atoms with Crippen LogP contribution in [-0.4, -0.2) is 31.4 Å². The molecule has 1 aliphatic rings. The van der Waals surface area contributed by atoms with Crippen LogP contribution in [0.2, 0.25) is 0 Å². The Kier molecular flexibility index (Phi) is 2.72. The Morgan fingerprint density at radius 2 is 2.12 bits per heavy atom. The quantitative estimate of drug-likeness (QED) is 0.816. The minimum absolute atomic E-state index is 0.187. The van der Waals surface area contributed by atoms with Crippen molar-refractivity contribution < 1.29 is 4.79 Å². The fraction of sp³-hybridized carbons (Fsp3) is 0.462. The minimum Gasteiger partial charge on any atom is -0.369 e. The molecule has 0 saturated carbocycles. The van der Waals surface area contributed by atoms with E-state index >= 15 is 0 Å². The standard InChI is InChI=1S/C13H18N2O/c1-15(2)8-7-13(12(14)16)9-10-5-3-4-6-11(10)13/h3-6H,7-9H2,1-2H3,(H2,14,16)/t13-/m1/s1. The molecular formula is C13H18N2O. The number of nitrogens with zero attached hydrogens (tertiary/aromatic N) is 1. The average Bonchev–Trinajstić information content (AvgIpc) is 2.18. The number of amides is 1. The summed E-state index contributed by atoms with van der Waals surface area (Å²) < 4.78 is 0. The zero-order valence-electron chi connectivity index (χ0n) is 9.86. The summed E-state index contributed by atoms with van der Waals surface area (Å²) in [6.45, 7) is 0.886. The summed E-state index contributed by atoms with van der Waals surface area (Å²) in [7, 11) is 4.03. The van der Waals surface area contributed by atoms with E-state index < -0.39 is 5.41 Å². The Balaban J connectivity index is 2.25. The molecule has 0 bridgehead atoms. The molecule has 0 fully saturated rings. The third-order valence-corrected chi connectivity index (χ3v) is 3.48. The largest absolute Gasteiger partial charge is 0.369 e. The first-order valence-corrected chi connectivity index (χ1v) is 5.59. The monoisotopic (exact) mass is 218 g/mol. The summed E-state index contributed by atoms with van der Waals surface area (Å²) in [6.07, 6.45) is 1.61. The summed E-state index contributed by atoms with van der Waals surface area (Å²) in [4.78, 5) is 13.8. The van der Waals surface area contributed by atoms with Crippen molar-refractivity contribution in [2.24, 2.45) is 5.73 Å². The van der Waals surface area contributed by atoms with Gasteiger partial charge in [-0.15, -0.1) is 0 Å². The van der Waals surface area contributed by atoms with Gasteiger partial charge < -0.3 is 10.6 Å². The van der Waals surface area contributed by atoms with Crippen LogP contribution in [0.15, 0.2) is 24.3 Å². The van der Waals surface area contributed by atoms with Crippen molar-refractivity contribution >= 4 is 5.91 Å². The van der Waals surface area contributed by atoms with Crippen LogP contribution in [0, 0.1) is 0 Å². The summed E-state index contributed by atoms with van der Waals surface area (Å²) in [6, 6.07) is 8.09. The molecule has 3 nitrogen and oxygen atoms in total. The predicted molar refractivity (Wildman–Crippen MR) is 64.2 cm³/mol. The number of fused-ring (bicyclic) bond motifs is 1. The Morgan fingerprint density at radius 3 is 2.69 bits per heavy atom. The molecule has 1 aromatic carbocycles. The number of benzene rings is 1. The number of rotatable bonds is 4. The van der Waals surface area contributed by atoms with Crippen molar-refractivity contribution in [3.05, 3.63) is 35.4 Å². The normalized spacial score (nSPS) is 22.7. The van der Waals surface area contributed by atoms with Crippen molar-refractivity contribution in [3.8, 4) is 0 Å². The van der Waals surface area contributed by atoms with E-state index in [0.29, 0.717) is 0 Å². The maximum absolute atomic E-state index is 11.7. The smallest absolute Gasteiger partial charge is 0.228 e. The van der Waals surface area contributed by atoms with Crippen molar-refractivity contribution in [1.82, 2.24) is 4.90 Å². The molecule has 1 amide bonds. The van der Waals surface area contributed by atoms with E-state index in [1.165, 1.54) is 5.56 Å². The van der Waals surface area contributed by atoms with Gasteiger partial charge in [0, 0.05) is 0 Å². The van der Waals surface area contributed by atoms with Crippen LogP contribution in [0.3, 0.4) is 0 Å². The van der Waals surface area contributed by atoms with Gasteiger partial charge in [-0.2, -0.15) is 0 Å². The average molecular weight is 218 g/mol.